The van der Waals surface area contributed by atoms with E-state index in [1.54, 1.807) is 83.1 Å². The van der Waals surface area contributed by atoms with Crippen LogP contribution < -0.4 is 42.8 Å². The number of hydrogen-bond donors (Lipinski definition) is 3. The first-order valence-corrected chi connectivity index (χ1v) is 31.7. The van der Waals surface area contributed by atoms with Gasteiger partial charge in [0.2, 0.25) is 0 Å². The first kappa shape index (κ1) is 64.1. The monoisotopic (exact) mass is 1330 g/mol. The van der Waals surface area contributed by atoms with E-state index >= 15 is 0 Å². The van der Waals surface area contributed by atoms with Gasteiger partial charge in [0, 0.05) is 70.9 Å². The maximum absolute atomic E-state index is 14.5. The van der Waals surface area contributed by atoms with Gasteiger partial charge in [-0.25, -0.2) is 14.8 Å². The van der Waals surface area contributed by atoms with Crippen LogP contribution in [0.15, 0.2) is 187 Å². The SMILES string of the molecule is COc1ccc(-c2ccc(N(c3ccc(-c4ccc(OC)cc4OC)cc3)c3c4nc(c(-c5c(OC)cccc5OC)c5ccc([nH]5)c(C#CC5=C6C(=O)N(C)C(c7ccc(C(=O)O)cc7)=C6C(=O)N5C)c5nc(c(-c6c(OC)cccc6OC)c6ccc3[nH]6)C=C5)C=C4)cc2)c(OC)c1. The minimum Gasteiger partial charge on any atom is -0.497 e. The van der Waals surface area contributed by atoms with E-state index in [2.05, 4.69) is 75.2 Å². The molecule has 0 fully saturated rings. The topological polar surface area (TPSA) is 212 Å². The summed E-state index contributed by atoms with van der Waals surface area (Å²) < 4.78 is 47.8. The van der Waals surface area contributed by atoms with Gasteiger partial charge in [0.1, 0.15) is 51.7 Å². The van der Waals surface area contributed by atoms with Crippen LogP contribution in [0, 0.1) is 11.8 Å². The summed E-state index contributed by atoms with van der Waals surface area (Å²) in [6.45, 7) is 0. The number of allylic oxidation sites excluding steroid dienone is 1. The highest BCUT2D eigenvalue weighted by atomic mass is 16.5. The largest absolute Gasteiger partial charge is 0.497 e. The van der Waals surface area contributed by atoms with Gasteiger partial charge in [-0.1, -0.05) is 54.5 Å². The lowest BCUT2D eigenvalue weighted by Crippen LogP contribution is -2.25. The van der Waals surface area contributed by atoms with Crippen LogP contribution in [0.5, 0.6) is 46.0 Å². The first-order chi connectivity index (χ1) is 48.7. The van der Waals surface area contributed by atoms with Crippen molar-refractivity contribution in [1.29, 1.82) is 0 Å². The van der Waals surface area contributed by atoms with Gasteiger partial charge in [-0.05, 0) is 156 Å². The minimum atomic E-state index is -1.11. The Bertz CT molecular complexity index is 5220. The van der Waals surface area contributed by atoms with Crippen LogP contribution in [0.2, 0.25) is 0 Å². The second kappa shape index (κ2) is 26.4. The van der Waals surface area contributed by atoms with Gasteiger partial charge < -0.3 is 67.7 Å². The van der Waals surface area contributed by atoms with Crippen LogP contribution in [0.3, 0.4) is 0 Å². The Morgan fingerprint density at radius 2 is 0.860 bits per heavy atom. The van der Waals surface area contributed by atoms with Crippen LogP contribution in [0.4, 0.5) is 17.1 Å². The van der Waals surface area contributed by atoms with E-state index in [9.17, 15) is 19.5 Å². The average Bonchev–Trinajstić information content (AvgIpc) is 1.57. The molecule has 10 aromatic rings. The number of fused-ring (bicyclic) bond motifs is 9. The fourth-order valence-electron chi connectivity index (χ4n) is 13.2. The molecule has 0 radical (unpaired) electrons. The van der Waals surface area contributed by atoms with E-state index in [4.69, 9.17) is 47.9 Å². The molecule has 7 aromatic carbocycles. The summed E-state index contributed by atoms with van der Waals surface area (Å²) in [6.07, 6.45) is 7.74. The first-order valence-electron chi connectivity index (χ1n) is 31.7. The Morgan fingerprint density at radius 3 is 1.34 bits per heavy atom. The number of nitrogens with zero attached hydrogens (tertiary/aromatic N) is 5. The van der Waals surface area contributed by atoms with Gasteiger partial charge in [0.25, 0.3) is 11.8 Å². The molecule has 0 atom stereocenters. The number of likely N-dealkylation sites (N-methyl/N-ethyl adjacent to an activating group) is 2. The molecule has 0 spiro atoms. The molecule has 496 valence electrons. The lowest BCUT2D eigenvalue weighted by atomic mass is 10.0. The van der Waals surface area contributed by atoms with Crippen LogP contribution >= 0.6 is 0 Å². The number of ether oxygens (including phenoxy) is 8. The third kappa shape index (κ3) is 11.1. The summed E-state index contributed by atoms with van der Waals surface area (Å²) in [5.41, 5.74) is 14.3. The third-order valence-electron chi connectivity index (χ3n) is 18.1. The Labute approximate surface area is 575 Å². The van der Waals surface area contributed by atoms with Crippen molar-refractivity contribution in [2.24, 2.45) is 0 Å². The molecule has 19 heteroatoms. The molecule has 2 amide bonds. The summed E-state index contributed by atoms with van der Waals surface area (Å²) in [5.74, 6) is 9.31. The summed E-state index contributed by atoms with van der Waals surface area (Å²) in [5, 5.41) is 9.69. The maximum atomic E-state index is 14.5. The van der Waals surface area contributed by atoms with Crippen molar-refractivity contribution in [3.8, 4) is 102 Å². The fourth-order valence-corrected chi connectivity index (χ4v) is 13.2. The van der Waals surface area contributed by atoms with Gasteiger partial charge in [-0.2, -0.15) is 0 Å². The molecule has 14 rings (SSSR count). The number of H-pyrrole nitrogens is 2. The molecule has 19 nitrogen and oxygen atoms in total. The number of aromatic nitrogens is 4. The van der Waals surface area contributed by atoms with E-state index in [-0.39, 0.29) is 22.4 Å². The zero-order chi connectivity index (χ0) is 69.6. The van der Waals surface area contributed by atoms with Gasteiger partial charge in [-0.15, -0.1) is 0 Å². The Hall–Kier alpha value is -13.2. The number of carboxylic acids is 1. The molecule has 0 saturated heterocycles. The van der Waals surface area contributed by atoms with Crippen LogP contribution in [-0.2, 0) is 9.59 Å². The van der Waals surface area contributed by atoms with Crippen LogP contribution in [-0.4, -0.2) is 124 Å². The quantitative estimate of drug-likeness (QED) is 0.0724. The normalized spacial score (nSPS) is 12.9. The van der Waals surface area contributed by atoms with Gasteiger partial charge in [0.15, 0.2) is 0 Å². The number of carbonyl (C=O) groups excluding carboxylic acids is 2. The number of carbonyl (C=O) groups is 3. The molecule has 0 aliphatic carbocycles. The zero-order valence-corrected chi connectivity index (χ0v) is 56.1. The number of benzene rings is 7. The molecule has 7 heterocycles. The molecule has 0 saturated carbocycles. The summed E-state index contributed by atoms with van der Waals surface area (Å²) in [6, 6.07) is 53.1. The molecule has 3 aromatic heterocycles. The number of hydrogen-bond acceptors (Lipinski definition) is 14. The molecule has 4 aliphatic heterocycles. The van der Waals surface area contributed by atoms with Crippen molar-refractivity contribution >= 4 is 86.9 Å². The number of carboxylic acid groups (broad SMARTS) is 1. The molecular weight excluding hydrogens is 1260 g/mol. The summed E-state index contributed by atoms with van der Waals surface area (Å²) in [7, 11) is 16.1. The minimum absolute atomic E-state index is 0.0570. The molecule has 8 bridgehead atoms. The highest BCUT2D eigenvalue weighted by Gasteiger charge is 2.46. The fraction of sp³-hybridized carbons (Fsp3) is 0.123. The number of anilines is 3. The third-order valence-corrected chi connectivity index (χ3v) is 18.1. The van der Waals surface area contributed by atoms with Crippen molar-refractivity contribution < 1.29 is 57.4 Å². The second-order valence-electron chi connectivity index (χ2n) is 23.4. The van der Waals surface area contributed by atoms with Crippen molar-refractivity contribution in [1.82, 2.24) is 29.7 Å². The highest BCUT2D eigenvalue weighted by Crippen LogP contribution is 2.49. The van der Waals surface area contributed by atoms with Gasteiger partial charge >= 0.3 is 5.97 Å². The van der Waals surface area contributed by atoms with Gasteiger partial charge in [0.05, 0.1) is 135 Å². The van der Waals surface area contributed by atoms with E-state index in [0.717, 1.165) is 33.6 Å². The van der Waals surface area contributed by atoms with Crippen molar-refractivity contribution in [2.45, 2.75) is 0 Å². The van der Waals surface area contributed by atoms with Crippen LogP contribution in [0.25, 0.3) is 96.6 Å². The summed E-state index contributed by atoms with van der Waals surface area (Å²) >= 11 is 0. The van der Waals surface area contributed by atoms with E-state index in [1.807, 2.05) is 121 Å². The Balaban J connectivity index is 1.08. The zero-order valence-electron chi connectivity index (χ0n) is 56.1. The highest BCUT2D eigenvalue weighted by molar-refractivity contribution is 6.26. The smallest absolute Gasteiger partial charge is 0.335 e. The van der Waals surface area contributed by atoms with Crippen LogP contribution in [0.1, 0.15) is 44.3 Å². The molecule has 3 N–H and O–H groups in total. The van der Waals surface area contributed by atoms with E-state index in [0.29, 0.717) is 136 Å². The van der Waals surface area contributed by atoms with Gasteiger partial charge in [-0.3, -0.25) is 9.59 Å². The van der Waals surface area contributed by atoms with Crippen molar-refractivity contribution in [3.05, 3.63) is 226 Å². The standard InChI is InChI=1S/C81H65N7O12/c1-86-64(73-76(80(86)90)77(87(2)79(73)89)47-17-19-48(20-18-47)81(91)92)42-33-55-56-34-36-58(82-56)71(74-65(95-5)13-11-14-66(74)96-6)60-38-40-62(84-60)78(63-41-39-61(85-63)72(59-37-35-57(55)83-59)75-67(97-7)15-12-16-68(75)98-8)88(49-25-21-45(22-26-49)53-31-29-51(93-3)43-69(53)99-9)50-27-23-46(24-28-50)54-32-30-52(94-4)44-70(54)100-10/h11-32,34-41,43-44,82,85H,1-10H3,(H,91,92). The number of aromatic carboxylic acids is 1. The number of rotatable bonds is 17. The second-order valence-corrected chi connectivity index (χ2v) is 23.4. The summed E-state index contributed by atoms with van der Waals surface area (Å²) in [4.78, 5) is 64.6. The Kier molecular flexibility index (Phi) is 16.9. The molecule has 100 heavy (non-hydrogen) atoms. The maximum Gasteiger partial charge on any atom is 0.335 e. The van der Waals surface area contributed by atoms with Crippen molar-refractivity contribution in [3.63, 3.8) is 0 Å². The van der Waals surface area contributed by atoms with E-state index in [1.165, 1.54) is 21.9 Å². The number of nitrogens with one attached hydrogen (secondary N) is 2. The predicted molar refractivity (Wildman–Crippen MR) is 387 cm³/mol. The van der Waals surface area contributed by atoms with E-state index < -0.39 is 17.8 Å². The molecule has 0 unspecified atom stereocenters. The number of aromatic amines is 2. The molecular formula is C81H65N7O12. The number of amides is 2. The van der Waals surface area contributed by atoms with Crippen molar-refractivity contribution in [2.75, 3.05) is 75.9 Å². The Morgan fingerprint density at radius 1 is 0.430 bits per heavy atom. The lowest BCUT2D eigenvalue weighted by molar-refractivity contribution is -0.123. The molecule has 4 aliphatic rings. The average molecular weight is 1330 g/mol. The lowest BCUT2D eigenvalue weighted by Gasteiger charge is -2.27. The predicted octanol–water partition coefficient (Wildman–Crippen LogP) is 15.5. The number of methoxy groups -OCH3 is 8.